The molecule has 0 aliphatic heterocycles. The van der Waals surface area contributed by atoms with Crippen LogP contribution >= 0.6 is 11.6 Å². The van der Waals surface area contributed by atoms with Crippen LogP contribution in [0.5, 0.6) is 0 Å². The first-order chi connectivity index (χ1) is 16.7. The van der Waals surface area contributed by atoms with E-state index in [1.165, 1.54) is 11.1 Å². The predicted molar refractivity (Wildman–Crippen MR) is 145 cm³/mol. The Morgan fingerprint density at radius 3 is 2.51 bits per heavy atom. The number of aliphatic hydroxyl groups excluding tert-OH is 1. The highest BCUT2D eigenvalue weighted by molar-refractivity contribution is 6.30. The molecule has 0 saturated carbocycles. The molecule has 0 fully saturated rings. The second kappa shape index (κ2) is 10.8. The van der Waals surface area contributed by atoms with E-state index in [1.807, 2.05) is 24.3 Å². The summed E-state index contributed by atoms with van der Waals surface area (Å²) in [6, 6.07) is 21.0. The van der Waals surface area contributed by atoms with Crippen molar-refractivity contribution in [3.05, 3.63) is 111 Å². The number of aryl methyl sites for hydroxylation is 1. The van der Waals surface area contributed by atoms with Crippen LogP contribution in [0.15, 0.2) is 72.8 Å². The number of rotatable bonds is 6. The minimum absolute atomic E-state index is 0.0606. The van der Waals surface area contributed by atoms with Gasteiger partial charge in [0.15, 0.2) is 0 Å². The number of benzene rings is 3. The number of carbonyl (C=O) groups excluding carboxylic acids is 1. The first-order valence-electron chi connectivity index (χ1n) is 12.3. The average Bonchev–Trinajstić information content (AvgIpc) is 3.08. The van der Waals surface area contributed by atoms with Crippen molar-refractivity contribution in [3.8, 4) is 0 Å². The normalized spacial score (nSPS) is 15.1. The van der Waals surface area contributed by atoms with Gasteiger partial charge in [-0.3, -0.25) is 4.79 Å². The molecular weight excluding hydrogens is 454 g/mol. The number of hydrogen-bond donors (Lipinski definition) is 2. The molecule has 182 valence electrons. The van der Waals surface area contributed by atoms with Crippen LogP contribution < -0.4 is 5.32 Å². The maximum Gasteiger partial charge on any atom is 0.252 e. The van der Waals surface area contributed by atoms with Crippen molar-refractivity contribution in [2.24, 2.45) is 0 Å². The lowest BCUT2D eigenvalue weighted by Crippen LogP contribution is -2.41. The maximum atomic E-state index is 13.5. The zero-order valence-corrected chi connectivity index (χ0v) is 21.5. The number of aliphatic hydroxyl groups is 1. The molecule has 0 heterocycles. The Morgan fingerprint density at radius 1 is 1.06 bits per heavy atom. The van der Waals surface area contributed by atoms with E-state index in [-0.39, 0.29) is 11.3 Å². The summed E-state index contributed by atoms with van der Waals surface area (Å²) in [7, 11) is 0. The summed E-state index contributed by atoms with van der Waals surface area (Å²) >= 11 is 6.20. The highest BCUT2D eigenvalue weighted by Gasteiger charge is 2.26. The number of hydrogen-bond acceptors (Lipinski definition) is 2. The quantitative estimate of drug-likeness (QED) is 0.391. The lowest BCUT2D eigenvalue weighted by Gasteiger charge is -2.26. The summed E-state index contributed by atoms with van der Waals surface area (Å²) in [6.45, 7) is 6.56. The first-order valence-corrected chi connectivity index (χ1v) is 12.7. The minimum Gasteiger partial charge on any atom is -0.386 e. The molecule has 0 aromatic heterocycles. The predicted octanol–water partition coefficient (Wildman–Crippen LogP) is 7.06. The molecule has 4 rings (SSSR count). The maximum absolute atomic E-state index is 13.5. The van der Waals surface area contributed by atoms with Crippen molar-refractivity contribution in [1.29, 1.82) is 0 Å². The Hall–Kier alpha value is -2.88. The lowest BCUT2D eigenvalue weighted by atomic mass is 9.86. The fraction of sp³-hybridized carbons (Fsp3) is 0.323. The SMILES string of the molecule is CC(C)(C)c1ccc(CC(NC(=O)c2cccc3c2C=CCCC3)C(O)c2cccc(Cl)c2)cc1. The van der Waals surface area contributed by atoms with Crippen molar-refractivity contribution < 1.29 is 9.90 Å². The largest absolute Gasteiger partial charge is 0.386 e. The number of halogens is 1. The Bertz CT molecular complexity index is 1210. The second-order valence-electron chi connectivity index (χ2n) is 10.4. The summed E-state index contributed by atoms with van der Waals surface area (Å²) in [6.07, 6.45) is 6.83. The number of nitrogens with one attached hydrogen (secondary N) is 1. The monoisotopic (exact) mass is 487 g/mol. The van der Waals surface area contributed by atoms with Crippen LogP contribution in [-0.4, -0.2) is 17.1 Å². The Balaban J connectivity index is 1.64. The number of fused-ring (bicyclic) bond motifs is 1. The van der Waals surface area contributed by atoms with Crippen LogP contribution in [0.4, 0.5) is 0 Å². The van der Waals surface area contributed by atoms with E-state index in [0.29, 0.717) is 22.6 Å². The third-order valence-corrected chi connectivity index (χ3v) is 6.94. The van der Waals surface area contributed by atoms with Gasteiger partial charge in [-0.1, -0.05) is 93.1 Å². The standard InChI is InChI=1S/C31H34ClNO2/c1-31(2,3)24-17-15-21(16-18-24)19-28(29(34)23-11-7-12-25(32)20-23)33-30(35)27-14-8-10-22-9-5-4-6-13-26(22)27/h6-8,10-18,20,28-29,34H,4-5,9,19H2,1-3H3,(H,33,35). The Labute approximate surface area is 213 Å². The van der Waals surface area contributed by atoms with Crippen molar-refractivity contribution in [1.82, 2.24) is 5.32 Å². The zero-order valence-electron chi connectivity index (χ0n) is 20.7. The van der Waals surface area contributed by atoms with E-state index >= 15 is 0 Å². The van der Waals surface area contributed by atoms with Crippen LogP contribution in [0.3, 0.4) is 0 Å². The van der Waals surface area contributed by atoms with E-state index in [0.717, 1.165) is 30.4 Å². The van der Waals surface area contributed by atoms with Crippen molar-refractivity contribution in [3.63, 3.8) is 0 Å². The van der Waals surface area contributed by atoms with Gasteiger partial charge < -0.3 is 10.4 Å². The van der Waals surface area contributed by atoms with E-state index < -0.39 is 12.1 Å². The molecule has 2 unspecified atom stereocenters. The van der Waals surface area contributed by atoms with Gasteiger partial charge in [0.2, 0.25) is 0 Å². The van der Waals surface area contributed by atoms with Crippen molar-refractivity contribution >= 4 is 23.6 Å². The van der Waals surface area contributed by atoms with Crippen LogP contribution in [-0.2, 0) is 18.3 Å². The van der Waals surface area contributed by atoms with Gasteiger partial charge in [0.25, 0.3) is 5.91 Å². The molecule has 0 bridgehead atoms. The van der Waals surface area contributed by atoms with Crippen LogP contribution in [0.25, 0.3) is 6.08 Å². The van der Waals surface area contributed by atoms with Crippen LogP contribution in [0.2, 0.25) is 5.02 Å². The molecule has 3 aromatic carbocycles. The summed E-state index contributed by atoms with van der Waals surface area (Å²) in [4.78, 5) is 13.5. The molecule has 1 aliphatic carbocycles. The summed E-state index contributed by atoms with van der Waals surface area (Å²) in [5.41, 5.74) is 5.86. The summed E-state index contributed by atoms with van der Waals surface area (Å²) < 4.78 is 0. The first kappa shape index (κ1) is 25.2. The van der Waals surface area contributed by atoms with Gasteiger partial charge in [0.05, 0.1) is 12.1 Å². The van der Waals surface area contributed by atoms with E-state index in [2.05, 4.69) is 68.6 Å². The molecule has 35 heavy (non-hydrogen) atoms. The highest BCUT2D eigenvalue weighted by atomic mass is 35.5. The molecule has 3 aromatic rings. The minimum atomic E-state index is -0.905. The smallest absolute Gasteiger partial charge is 0.252 e. The topological polar surface area (TPSA) is 49.3 Å². The molecule has 3 nitrogen and oxygen atoms in total. The van der Waals surface area contributed by atoms with E-state index in [1.54, 1.807) is 12.1 Å². The van der Waals surface area contributed by atoms with Gasteiger partial charge in [-0.15, -0.1) is 0 Å². The third kappa shape index (κ3) is 6.22. The molecule has 2 atom stereocenters. The molecule has 0 spiro atoms. The number of allylic oxidation sites excluding steroid dienone is 1. The zero-order chi connectivity index (χ0) is 25.0. The molecule has 1 amide bonds. The molecular formula is C31H34ClNO2. The Kier molecular flexibility index (Phi) is 7.78. The van der Waals surface area contributed by atoms with Gasteiger partial charge >= 0.3 is 0 Å². The summed E-state index contributed by atoms with van der Waals surface area (Å²) in [5.74, 6) is -0.175. The fourth-order valence-corrected chi connectivity index (χ4v) is 4.84. The molecule has 0 radical (unpaired) electrons. The third-order valence-electron chi connectivity index (χ3n) is 6.71. The van der Waals surface area contributed by atoms with Gasteiger partial charge in [-0.25, -0.2) is 0 Å². The van der Waals surface area contributed by atoms with Gasteiger partial charge in [-0.2, -0.15) is 0 Å². The van der Waals surface area contributed by atoms with E-state index in [4.69, 9.17) is 11.6 Å². The lowest BCUT2D eigenvalue weighted by molar-refractivity contribution is 0.0832. The van der Waals surface area contributed by atoms with Crippen LogP contribution in [0.1, 0.15) is 77.9 Å². The Morgan fingerprint density at radius 2 is 1.80 bits per heavy atom. The van der Waals surface area contributed by atoms with Crippen molar-refractivity contribution in [2.45, 2.75) is 64.0 Å². The number of carbonyl (C=O) groups is 1. The van der Waals surface area contributed by atoms with Gasteiger partial charge in [-0.05, 0) is 77.1 Å². The average molecular weight is 488 g/mol. The molecule has 2 N–H and O–H groups in total. The number of amides is 1. The highest BCUT2D eigenvalue weighted by Crippen LogP contribution is 2.27. The van der Waals surface area contributed by atoms with E-state index in [9.17, 15) is 9.90 Å². The van der Waals surface area contributed by atoms with Gasteiger partial charge in [0.1, 0.15) is 0 Å². The molecule has 0 saturated heterocycles. The molecule has 1 aliphatic rings. The summed E-state index contributed by atoms with van der Waals surface area (Å²) in [5, 5.41) is 15.0. The fourth-order valence-electron chi connectivity index (χ4n) is 4.64. The molecule has 4 heteroatoms. The van der Waals surface area contributed by atoms with Crippen LogP contribution in [0, 0.1) is 0 Å². The second-order valence-corrected chi connectivity index (χ2v) is 10.8. The van der Waals surface area contributed by atoms with Gasteiger partial charge in [0, 0.05) is 10.6 Å². The van der Waals surface area contributed by atoms with Crippen molar-refractivity contribution in [2.75, 3.05) is 0 Å².